The van der Waals surface area contributed by atoms with Gasteiger partial charge in [-0.2, -0.15) is 0 Å². The molecule has 0 fully saturated rings. The second kappa shape index (κ2) is 11.3. The number of nitrogens with one attached hydrogen (secondary N) is 2. The predicted molar refractivity (Wildman–Crippen MR) is 118 cm³/mol. The van der Waals surface area contributed by atoms with E-state index < -0.39 is 17.9 Å². The van der Waals surface area contributed by atoms with E-state index in [0.717, 1.165) is 16.3 Å². The zero-order valence-electron chi connectivity index (χ0n) is 18.2. The summed E-state index contributed by atoms with van der Waals surface area (Å²) in [5.41, 5.74) is 0.952. The van der Waals surface area contributed by atoms with Gasteiger partial charge >= 0.3 is 5.97 Å². The van der Waals surface area contributed by atoms with Crippen LogP contribution in [0.1, 0.15) is 39.2 Å². The number of esters is 1. The highest BCUT2D eigenvalue weighted by Gasteiger charge is 2.28. The third-order valence-corrected chi connectivity index (χ3v) is 4.98. The molecular weight excluding hydrogens is 380 g/mol. The Balaban J connectivity index is 2.16. The standard InChI is InChI=1S/C24H32N2O4/c1-5-30-22(27)15-20(12-16(2)3)23(28)26-21(24(29)25-4)14-17-10-11-18-8-6-7-9-19(18)13-17/h6-11,13,16,20-21H,5,12,14-15H2,1-4H3,(H,25,29)(H,26,28)/t20?,21-/m0/s1. The molecule has 0 saturated heterocycles. The first-order chi connectivity index (χ1) is 14.3. The van der Waals surface area contributed by atoms with Crippen LogP contribution in [-0.4, -0.2) is 37.5 Å². The molecule has 0 bridgehead atoms. The number of hydrogen-bond donors (Lipinski definition) is 2. The van der Waals surface area contributed by atoms with Crippen molar-refractivity contribution in [3.63, 3.8) is 0 Å². The van der Waals surface area contributed by atoms with E-state index >= 15 is 0 Å². The van der Waals surface area contributed by atoms with E-state index in [1.165, 1.54) is 0 Å². The monoisotopic (exact) mass is 412 g/mol. The van der Waals surface area contributed by atoms with Gasteiger partial charge in [0, 0.05) is 19.4 Å². The highest BCUT2D eigenvalue weighted by molar-refractivity contribution is 5.90. The Kier molecular flexibility index (Phi) is 8.84. The number of rotatable bonds is 10. The van der Waals surface area contributed by atoms with Gasteiger partial charge in [-0.25, -0.2) is 0 Å². The van der Waals surface area contributed by atoms with Gasteiger partial charge in [0.05, 0.1) is 13.0 Å². The van der Waals surface area contributed by atoms with Gasteiger partial charge in [0.1, 0.15) is 6.04 Å². The first-order valence-electron chi connectivity index (χ1n) is 10.5. The quantitative estimate of drug-likeness (QED) is 0.587. The van der Waals surface area contributed by atoms with E-state index in [1.807, 2.05) is 56.3 Å². The number of likely N-dealkylation sites (N-methyl/N-ethyl adjacent to an activating group) is 1. The molecule has 2 aromatic rings. The van der Waals surface area contributed by atoms with E-state index in [-0.39, 0.29) is 30.8 Å². The molecule has 0 aromatic heterocycles. The number of carbonyl (C=O) groups is 3. The van der Waals surface area contributed by atoms with E-state index in [2.05, 4.69) is 10.6 Å². The number of hydrogen-bond acceptors (Lipinski definition) is 4. The SMILES string of the molecule is CCOC(=O)CC(CC(C)C)C(=O)N[C@@H](Cc1ccc2ccccc2c1)C(=O)NC. The number of carbonyl (C=O) groups excluding carboxylic acids is 3. The highest BCUT2D eigenvalue weighted by Crippen LogP contribution is 2.19. The summed E-state index contributed by atoms with van der Waals surface area (Å²) in [7, 11) is 1.55. The molecule has 2 aromatic carbocycles. The van der Waals surface area contributed by atoms with Crippen molar-refractivity contribution in [3.05, 3.63) is 48.0 Å². The zero-order chi connectivity index (χ0) is 22.1. The van der Waals surface area contributed by atoms with Gasteiger partial charge in [0.25, 0.3) is 0 Å². The van der Waals surface area contributed by atoms with Crippen LogP contribution < -0.4 is 10.6 Å². The van der Waals surface area contributed by atoms with Gasteiger partial charge in [-0.3, -0.25) is 14.4 Å². The number of ether oxygens (including phenoxy) is 1. The van der Waals surface area contributed by atoms with Crippen molar-refractivity contribution in [2.24, 2.45) is 11.8 Å². The second-order valence-corrected chi connectivity index (χ2v) is 7.90. The average molecular weight is 413 g/mol. The third-order valence-electron chi connectivity index (χ3n) is 4.98. The van der Waals surface area contributed by atoms with Gasteiger partial charge in [0.15, 0.2) is 0 Å². The summed E-state index contributed by atoms with van der Waals surface area (Å²) >= 11 is 0. The maximum absolute atomic E-state index is 13.0. The van der Waals surface area contributed by atoms with Crippen LogP contribution in [0.3, 0.4) is 0 Å². The largest absolute Gasteiger partial charge is 0.466 e. The zero-order valence-corrected chi connectivity index (χ0v) is 18.2. The van der Waals surface area contributed by atoms with Crippen molar-refractivity contribution in [2.45, 2.75) is 46.1 Å². The third kappa shape index (κ3) is 6.87. The van der Waals surface area contributed by atoms with Crippen LogP contribution in [0, 0.1) is 11.8 Å². The molecule has 2 atom stereocenters. The van der Waals surface area contributed by atoms with Crippen molar-refractivity contribution < 1.29 is 19.1 Å². The second-order valence-electron chi connectivity index (χ2n) is 7.90. The minimum Gasteiger partial charge on any atom is -0.466 e. The van der Waals surface area contributed by atoms with E-state index in [9.17, 15) is 14.4 Å². The summed E-state index contributed by atoms with van der Waals surface area (Å²) in [5, 5.41) is 7.68. The topological polar surface area (TPSA) is 84.5 Å². The lowest BCUT2D eigenvalue weighted by Crippen LogP contribution is -2.49. The Morgan fingerprint density at radius 2 is 1.70 bits per heavy atom. The van der Waals surface area contributed by atoms with Crippen LogP contribution in [0.2, 0.25) is 0 Å². The molecule has 2 N–H and O–H groups in total. The normalized spacial score (nSPS) is 13.0. The molecule has 30 heavy (non-hydrogen) atoms. The molecule has 0 saturated carbocycles. The van der Waals surface area contributed by atoms with Gasteiger partial charge < -0.3 is 15.4 Å². The van der Waals surface area contributed by atoms with E-state index in [1.54, 1.807) is 14.0 Å². The van der Waals surface area contributed by atoms with Crippen molar-refractivity contribution in [2.75, 3.05) is 13.7 Å². The van der Waals surface area contributed by atoms with Gasteiger partial charge in [0.2, 0.25) is 11.8 Å². The maximum Gasteiger partial charge on any atom is 0.306 e. The van der Waals surface area contributed by atoms with Gasteiger partial charge in [-0.05, 0) is 35.6 Å². The fourth-order valence-electron chi connectivity index (χ4n) is 3.55. The predicted octanol–water partition coefficient (Wildman–Crippen LogP) is 3.23. The molecule has 0 aliphatic carbocycles. The van der Waals surface area contributed by atoms with Crippen LogP contribution in [0.15, 0.2) is 42.5 Å². The molecule has 6 nitrogen and oxygen atoms in total. The van der Waals surface area contributed by atoms with Crippen molar-refractivity contribution in [1.82, 2.24) is 10.6 Å². The molecule has 0 aliphatic heterocycles. The van der Waals surface area contributed by atoms with Crippen LogP contribution >= 0.6 is 0 Å². The summed E-state index contributed by atoms with van der Waals surface area (Å²) < 4.78 is 5.02. The first-order valence-corrected chi connectivity index (χ1v) is 10.5. The van der Waals surface area contributed by atoms with Crippen LogP contribution in [0.25, 0.3) is 10.8 Å². The van der Waals surface area contributed by atoms with E-state index in [4.69, 9.17) is 4.74 Å². The minimum absolute atomic E-state index is 0.00823. The lowest BCUT2D eigenvalue weighted by Gasteiger charge is -2.23. The molecule has 0 spiro atoms. The lowest BCUT2D eigenvalue weighted by atomic mass is 9.92. The highest BCUT2D eigenvalue weighted by atomic mass is 16.5. The fraction of sp³-hybridized carbons (Fsp3) is 0.458. The maximum atomic E-state index is 13.0. The van der Waals surface area contributed by atoms with Crippen molar-refractivity contribution >= 4 is 28.6 Å². The average Bonchev–Trinajstić information content (AvgIpc) is 2.71. The lowest BCUT2D eigenvalue weighted by molar-refractivity contribution is -0.146. The molecule has 162 valence electrons. The molecule has 6 heteroatoms. The molecule has 0 radical (unpaired) electrons. The van der Waals surface area contributed by atoms with E-state index in [0.29, 0.717) is 12.8 Å². The van der Waals surface area contributed by atoms with Gasteiger partial charge in [-0.15, -0.1) is 0 Å². The molecular formula is C24H32N2O4. The fourth-order valence-corrected chi connectivity index (χ4v) is 3.55. The van der Waals surface area contributed by atoms with Crippen LogP contribution in [0.5, 0.6) is 0 Å². The molecule has 0 heterocycles. The molecule has 2 amide bonds. The summed E-state index contributed by atoms with van der Waals surface area (Å²) in [5.74, 6) is -1.27. The summed E-state index contributed by atoms with van der Waals surface area (Å²) in [4.78, 5) is 37.4. The van der Waals surface area contributed by atoms with Crippen molar-refractivity contribution in [3.8, 4) is 0 Å². The Bertz CT molecular complexity index is 878. The smallest absolute Gasteiger partial charge is 0.306 e. The number of fused-ring (bicyclic) bond motifs is 1. The number of benzene rings is 2. The minimum atomic E-state index is -0.722. The number of amides is 2. The molecule has 1 unspecified atom stereocenters. The Hall–Kier alpha value is -2.89. The first kappa shape index (κ1) is 23.4. The van der Waals surface area contributed by atoms with Crippen LogP contribution in [-0.2, 0) is 25.5 Å². The Morgan fingerprint density at radius 1 is 1.00 bits per heavy atom. The van der Waals surface area contributed by atoms with Gasteiger partial charge in [-0.1, -0.05) is 56.3 Å². The Morgan fingerprint density at radius 3 is 2.33 bits per heavy atom. The van der Waals surface area contributed by atoms with Crippen molar-refractivity contribution in [1.29, 1.82) is 0 Å². The molecule has 0 aliphatic rings. The summed E-state index contributed by atoms with van der Waals surface area (Å²) in [6.07, 6.45) is 0.916. The van der Waals surface area contributed by atoms with Crippen LogP contribution in [0.4, 0.5) is 0 Å². The summed E-state index contributed by atoms with van der Waals surface area (Å²) in [6.45, 7) is 6.01. The Labute approximate surface area is 178 Å². The molecule has 2 rings (SSSR count). The summed E-state index contributed by atoms with van der Waals surface area (Å²) in [6, 6.07) is 13.3.